The number of amides is 2. The lowest BCUT2D eigenvalue weighted by Crippen LogP contribution is -3.15. The summed E-state index contributed by atoms with van der Waals surface area (Å²) in [6.07, 6.45) is -0.202. The Bertz CT molecular complexity index is 669. The summed E-state index contributed by atoms with van der Waals surface area (Å²) < 4.78 is 19.1. The minimum atomic E-state index is -0.485. The number of nitrogens with zero attached hydrogens (tertiary/aromatic N) is 3. The van der Waals surface area contributed by atoms with Gasteiger partial charge < -0.3 is 14.5 Å². The van der Waals surface area contributed by atoms with Crippen LogP contribution in [0.25, 0.3) is 0 Å². The van der Waals surface area contributed by atoms with Crippen LogP contribution < -0.4 is 9.80 Å². The van der Waals surface area contributed by atoms with Gasteiger partial charge in [0.15, 0.2) is 6.54 Å². The number of hydrogen-bond donors (Lipinski definition) is 1. The highest BCUT2D eigenvalue weighted by molar-refractivity contribution is 5.94. The number of carbonyl (C=O) groups excluding carboxylic acids is 2. The van der Waals surface area contributed by atoms with Crippen molar-refractivity contribution in [2.75, 3.05) is 50.8 Å². The molecule has 0 radical (unpaired) electrons. The van der Waals surface area contributed by atoms with Crippen LogP contribution in [0.15, 0.2) is 24.3 Å². The summed E-state index contributed by atoms with van der Waals surface area (Å²) in [5.74, 6) is -0.717. The zero-order chi connectivity index (χ0) is 18.9. The van der Waals surface area contributed by atoms with Crippen LogP contribution in [0.5, 0.6) is 0 Å². The molecule has 0 unspecified atom stereocenters. The van der Waals surface area contributed by atoms with Crippen LogP contribution in [0.4, 0.5) is 14.9 Å². The van der Waals surface area contributed by atoms with E-state index in [9.17, 15) is 14.0 Å². The number of quaternary nitrogens is 1. The maximum Gasteiger partial charge on any atom is 0.410 e. The van der Waals surface area contributed by atoms with Crippen LogP contribution in [-0.4, -0.2) is 62.8 Å². The fourth-order valence-corrected chi connectivity index (χ4v) is 2.92. The van der Waals surface area contributed by atoms with Gasteiger partial charge in [-0.05, 0) is 19.1 Å². The van der Waals surface area contributed by atoms with E-state index in [1.54, 1.807) is 30.0 Å². The van der Waals surface area contributed by atoms with Crippen molar-refractivity contribution in [2.24, 2.45) is 0 Å². The molecule has 1 aliphatic rings. The molecular formula is C18H24FN4O3+. The molecule has 1 N–H and O–H groups in total. The summed E-state index contributed by atoms with van der Waals surface area (Å²) in [6, 6.07) is 8.06. The van der Waals surface area contributed by atoms with E-state index in [1.807, 2.05) is 6.07 Å². The fraction of sp³-hybridized carbons (Fsp3) is 0.500. The third-order valence-corrected chi connectivity index (χ3v) is 4.29. The number of para-hydroxylation sites is 1. The molecule has 0 spiro atoms. The predicted octanol–water partition coefficient (Wildman–Crippen LogP) is 0.429. The van der Waals surface area contributed by atoms with Gasteiger partial charge in [-0.2, -0.15) is 5.26 Å². The molecule has 0 atom stereocenters. The summed E-state index contributed by atoms with van der Waals surface area (Å²) in [5.41, 5.74) is 0.192. The first-order chi connectivity index (χ1) is 12.6. The van der Waals surface area contributed by atoms with Gasteiger partial charge in [0, 0.05) is 6.54 Å². The Morgan fingerprint density at radius 1 is 1.35 bits per heavy atom. The van der Waals surface area contributed by atoms with Crippen molar-refractivity contribution >= 4 is 17.7 Å². The van der Waals surface area contributed by atoms with Crippen molar-refractivity contribution < 1.29 is 23.6 Å². The SMILES string of the molecule is CCOC(=O)N1CC[NH+](CC(=O)N(CCC#N)c2ccccc2F)CC1. The molecule has 140 valence electrons. The molecule has 7 nitrogen and oxygen atoms in total. The van der Waals surface area contributed by atoms with Crippen molar-refractivity contribution in [1.29, 1.82) is 5.26 Å². The highest BCUT2D eigenvalue weighted by atomic mass is 19.1. The summed E-state index contributed by atoms with van der Waals surface area (Å²) in [4.78, 5) is 28.4. The molecule has 1 aromatic carbocycles. The lowest BCUT2D eigenvalue weighted by molar-refractivity contribution is -0.895. The van der Waals surface area contributed by atoms with Gasteiger partial charge in [0.1, 0.15) is 5.82 Å². The van der Waals surface area contributed by atoms with Gasteiger partial charge >= 0.3 is 6.09 Å². The summed E-state index contributed by atoms with van der Waals surface area (Å²) in [5, 5.41) is 8.82. The molecular weight excluding hydrogens is 339 g/mol. The molecule has 1 heterocycles. The van der Waals surface area contributed by atoms with Crippen LogP contribution >= 0.6 is 0 Å². The van der Waals surface area contributed by atoms with Crippen LogP contribution in [-0.2, 0) is 9.53 Å². The van der Waals surface area contributed by atoms with Crippen molar-refractivity contribution in [1.82, 2.24) is 4.90 Å². The Hall–Kier alpha value is -2.66. The zero-order valence-electron chi connectivity index (χ0n) is 14.9. The fourth-order valence-electron chi connectivity index (χ4n) is 2.92. The Morgan fingerprint density at radius 2 is 2.04 bits per heavy atom. The molecule has 0 saturated carbocycles. The molecule has 1 aromatic rings. The van der Waals surface area contributed by atoms with Crippen LogP contribution in [0.3, 0.4) is 0 Å². The molecule has 2 amide bonds. The smallest absolute Gasteiger partial charge is 0.410 e. The van der Waals surface area contributed by atoms with Crippen LogP contribution in [0.1, 0.15) is 13.3 Å². The van der Waals surface area contributed by atoms with Gasteiger partial charge in [-0.3, -0.25) is 9.69 Å². The number of ether oxygens (including phenoxy) is 1. The highest BCUT2D eigenvalue weighted by Gasteiger charge is 2.28. The molecule has 0 bridgehead atoms. The van der Waals surface area contributed by atoms with E-state index in [0.717, 1.165) is 4.90 Å². The molecule has 0 aromatic heterocycles. The van der Waals surface area contributed by atoms with E-state index in [0.29, 0.717) is 32.8 Å². The molecule has 26 heavy (non-hydrogen) atoms. The molecule has 1 aliphatic heterocycles. The molecule has 1 saturated heterocycles. The van der Waals surface area contributed by atoms with Gasteiger partial charge in [0.2, 0.25) is 0 Å². The number of carbonyl (C=O) groups is 2. The highest BCUT2D eigenvalue weighted by Crippen LogP contribution is 2.18. The number of rotatable bonds is 6. The molecule has 2 rings (SSSR count). The third-order valence-electron chi connectivity index (χ3n) is 4.29. The Kier molecular flexibility index (Phi) is 7.36. The number of halogens is 1. The van der Waals surface area contributed by atoms with Crippen LogP contribution in [0, 0.1) is 17.1 Å². The van der Waals surface area contributed by atoms with Gasteiger partial charge in [-0.25, -0.2) is 9.18 Å². The standard InChI is InChI=1S/C18H23FN4O3/c1-2-26-18(25)22-12-10-21(11-13-22)14-17(24)23(9-5-8-20)16-7-4-3-6-15(16)19/h3-4,6-7H,2,5,9-14H2,1H3/p+1. The minimum absolute atomic E-state index is 0.131. The Labute approximate surface area is 152 Å². The number of nitriles is 1. The lowest BCUT2D eigenvalue weighted by atomic mass is 10.2. The van der Waals surface area contributed by atoms with Crippen molar-refractivity contribution in [2.45, 2.75) is 13.3 Å². The van der Waals surface area contributed by atoms with Gasteiger partial charge in [0.25, 0.3) is 5.91 Å². The largest absolute Gasteiger partial charge is 0.450 e. The van der Waals surface area contributed by atoms with Crippen molar-refractivity contribution in [3.05, 3.63) is 30.1 Å². The monoisotopic (exact) mass is 363 g/mol. The third kappa shape index (κ3) is 5.17. The van der Waals surface area contributed by atoms with Gasteiger partial charge in [-0.15, -0.1) is 0 Å². The summed E-state index contributed by atoms with van der Waals surface area (Å²) in [6.45, 7) is 4.70. The second-order valence-corrected chi connectivity index (χ2v) is 6.02. The van der Waals surface area contributed by atoms with E-state index in [-0.39, 0.29) is 37.2 Å². The van der Waals surface area contributed by atoms with E-state index in [4.69, 9.17) is 10.00 Å². The van der Waals surface area contributed by atoms with E-state index < -0.39 is 5.82 Å². The Balaban J connectivity index is 1.97. The summed E-state index contributed by atoms with van der Waals surface area (Å²) in [7, 11) is 0. The first-order valence-electron chi connectivity index (χ1n) is 8.74. The number of benzene rings is 1. The molecule has 0 aliphatic carbocycles. The van der Waals surface area contributed by atoms with E-state index in [2.05, 4.69) is 0 Å². The average Bonchev–Trinajstić information content (AvgIpc) is 2.64. The first-order valence-corrected chi connectivity index (χ1v) is 8.74. The quantitative estimate of drug-likeness (QED) is 0.795. The number of nitrogens with one attached hydrogen (secondary N) is 1. The summed E-state index contributed by atoms with van der Waals surface area (Å²) >= 11 is 0. The number of piperazine rings is 1. The molecule has 1 fully saturated rings. The van der Waals surface area contributed by atoms with Crippen molar-refractivity contribution in [3.8, 4) is 6.07 Å². The van der Waals surface area contributed by atoms with Gasteiger partial charge in [0.05, 0.1) is 51.0 Å². The maximum atomic E-state index is 14.1. The zero-order valence-corrected chi connectivity index (χ0v) is 14.9. The second kappa shape index (κ2) is 9.73. The average molecular weight is 363 g/mol. The van der Waals surface area contributed by atoms with Crippen molar-refractivity contribution in [3.63, 3.8) is 0 Å². The lowest BCUT2D eigenvalue weighted by Gasteiger charge is -2.32. The first kappa shape index (κ1) is 19.7. The predicted molar refractivity (Wildman–Crippen MR) is 93.1 cm³/mol. The molecule has 8 heteroatoms. The van der Waals surface area contributed by atoms with Gasteiger partial charge in [-0.1, -0.05) is 12.1 Å². The minimum Gasteiger partial charge on any atom is -0.450 e. The normalized spacial score (nSPS) is 14.6. The number of hydrogen-bond acceptors (Lipinski definition) is 4. The number of anilines is 1. The second-order valence-electron chi connectivity index (χ2n) is 6.02. The maximum absolute atomic E-state index is 14.1. The topological polar surface area (TPSA) is 78.1 Å². The van der Waals surface area contributed by atoms with E-state index >= 15 is 0 Å². The van der Waals surface area contributed by atoms with E-state index in [1.165, 1.54) is 11.0 Å². The Morgan fingerprint density at radius 3 is 2.65 bits per heavy atom. The van der Waals surface area contributed by atoms with Crippen LogP contribution in [0.2, 0.25) is 0 Å².